The third kappa shape index (κ3) is 5.41. The van der Waals surface area contributed by atoms with Crippen LogP contribution in [0.2, 0.25) is 0 Å². The van der Waals surface area contributed by atoms with Gasteiger partial charge in [-0.05, 0) is 41.8 Å². The molecule has 1 aliphatic heterocycles. The zero-order valence-corrected chi connectivity index (χ0v) is 16.2. The largest absolute Gasteiger partial charge is 0.369 e. The van der Waals surface area contributed by atoms with Crippen molar-refractivity contribution in [1.82, 2.24) is 9.62 Å². The van der Waals surface area contributed by atoms with Gasteiger partial charge in [-0.15, -0.1) is 11.3 Å². The zero-order valence-electron chi connectivity index (χ0n) is 14.6. The number of carbonyl (C=O) groups is 1. The summed E-state index contributed by atoms with van der Waals surface area (Å²) in [7, 11) is -3.45. The van der Waals surface area contributed by atoms with Crippen molar-refractivity contribution in [2.24, 2.45) is 0 Å². The second kappa shape index (κ2) is 8.68. The number of halogens is 1. The minimum Gasteiger partial charge on any atom is -0.369 e. The Morgan fingerprint density at radius 2 is 1.81 bits per heavy atom. The van der Waals surface area contributed by atoms with Gasteiger partial charge in [-0.25, -0.2) is 17.6 Å². The highest BCUT2D eigenvalue weighted by Gasteiger charge is 2.26. The molecular weight excluding hydrogens is 391 g/mol. The molecule has 0 spiro atoms. The SMILES string of the molecule is O=C(NCCS(=O)(=O)N1CCN(c2ccc(F)cc2)CC1)Nc1cccs1. The normalized spacial score (nSPS) is 15.5. The molecule has 1 fully saturated rings. The van der Waals surface area contributed by atoms with E-state index in [-0.39, 0.29) is 18.1 Å². The molecule has 1 saturated heterocycles. The molecule has 0 atom stereocenters. The van der Waals surface area contributed by atoms with Crippen LogP contribution in [-0.4, -0.2) is 57.2 Å². The van der Waals surface area contributed by atoms with Gasteiger partial charge >= 0.3 is 6.03 Å². The summed E-state index contributed by atoms with van der Waals surface area (Å²) in [6.07, 6.45) is 0. The average molecular weight is 413 g/mol. The molecule has 2 aromatic rings. The Labute approximate surface area is 161 Å². The van der Waals surface area contributed by atoms with E-state index < -0.39 is 16.1 Å². The van der Waals surface area contributed by atoms with Gasteiger partial charge in [-0.3, -0.25) is 5.32 Å². The molecule has 7 nitrogen and oxygen atoms in total. The fraction of sp³-hybridized carbons (Fsp3) is 0.353. The van der Waals surface area contributed by atoms with Gasteiger partial charge in [0.15, 0.2) is 0 Å². The average Bonchev–Trinajstić information content (AvgIpc) is 3.15. The van der Waals surface area contributed by atoms with Crippen molar-refractivity contribution in [3.63, 3.8) is 0 Å². The Morgan fingerprint density at radius 3 is 2.44 bits per heavy atom. The standard InChI is InChI=1S/C17H21FN4O3S2/c18-14-3-5-15(6-4-14)21-8-10-22(11-9-21)27(24,25)13-7-19-17(23)20-16-2-1-12-26-16/h1-6,12H,7-11,13H2,(H2,19,20,23). The summed E-state index contributed by atoms with van der Waals surface area (Å²) in [5.41, 5.74) is 0.875. The zero-order chi connectivity index (χ0) is 19.3. The molecule has 146 valence electrons. The van der Waals surface area contributed by atoms with Crippen molar-refractivity contribution < 1.29 is 17.6 Å². The summed E-state index contributed by atoms with van der Waals surface area (Å²) in [6, 6.07) is 9.33. The summed E-state index contributed by atoms with van der Waals surface area (Å²) in [6.45, 7) is 1.84. The lowest BCUT2D eigenvalue weighted by atomic mass is 10.2. The third-order valence-electron chi connectivity index (χ3n) is 4.23. The van der Waals surface area contributed by atoms with Gasteiger partial charge < -0.3 is 10.2 Å². The maximum Gasteiger partial charge on any atom is 0.319 e. The molecule has 0 bridgehead atoms. The number of nitrogens with zero attached hydrogens (tertiary/aromatic N) is 2. The van der Waals surface area contributed by atoms with E-state index in [1.807, 2.05) is 16.3 Å². The molecule has 1 aromatic heterocycles. The molecule has 0 saturated carbocycles. The first-order valence-electron chi connectivity index (χ1n) is 8.51. The van der Waals surface area contributed by atoms with Gasteiger partial charge in [-0.2, -0.15) is 4.31 Å². The molecule has 0 aliphatic carbocycles. The Morgan fingerprint density at radius 1 is 1.11 bits per heavy atom. The summed E-state index contributed by atoms with van der Waals surface area (Å²) < 4.78 is 39.4. The first kappa shape index (κ1) is 19.6. The minimum absolute atomic E-state index is 0.0394. The Kier molecular flexibility index (Phi) is 6.30. The van der Waals surface area contributed by atoms with E-state index in [2.05, 4.69) is 10.6 Å². The minimum atomic E-state index is -3.45. The van der Waals surface area contributed by atoms with E-state index in [0.717, 1.165) is 5.69 Å². The molecule has 2 heterocycles. The maximum absolute atomic E-state index is 13.0. The van der Waals surface area contributed by atoms with Crippen LogP contribution in [0.15, 0.2) is 41.8 Å². The van der Waals surface area contributed by atoms with Crippen LogP contribution in [0, 0.1) is 5.82 Å². The fourth-order valence-corrected chi connectivity index (χ4v) is 4.76. The Balaban J connectivity index is 1.44. The van der Waals surface area contributed by atoms with E-state index in [1.165, 1.54) is 27.8 Å². The lowest BCUT2D eigenvalue weighted by molar-refractivity contribution is 0.252. The van der Waals surface area contributed by atoms with Crippen LogP contribution in [0.4, 0.5) is 19.9 Å². The van der Waals surface area contributed by atoms with Crippen molar-refractivity contribution in [3.05, 3.63) is 47.6 Å². The third-order valence-corrected chi connectivity index (χ3v) is 6.88. The summed E-state index contributed by atoms with van der Waals surface area (Å²) >= 11 is 1.39. The van der Waals surface area contributed by atoms with Gasteiger partial charge in [0.1, 0.15) is 5.82 Å². The van der Waals surface area contributed by atoms with Crippen LogP contribution in [0.25, 0.3) is 0 Å². The van der Waals surface area contributed by atoms with Gasteiger partial charge in [-0.1, -0.05) is 0 Å². The second-order valence-electron chi connectivity index (χ2n) is 6.04. The van der Waals surface area contributed by atoms with Crippen LogP contribution in [0.3, 0.4) is 0 Å². The smallest absolute Gasteiger partial charge is 0.319 e. The monoisotopic (exact) mass is 412 g/mol. The molecule has 27 heavy (non-hydrogen) atoms. The number of carbonyl (C=O) groups excluding carboxylic acids is 1. The first-order valence-corrected chi connectivity index (χ1v) is 11.0. The predicted molar refractivity (Wildman–Crippen MR) is 105 cm³/mol. The molecule has 2 amide bonds. The number of rotatable bonds is 6. The van der Waals surface area contributed by atoms with Crippen LogP contribution in [-0.2, 0) is 10.0 Å². The molecular formula is C17H21FN4O3S2. The highest BCUT2D eigenvalue weighted by atomic mass is 32.2. The van der Waals surface area contributed by atoms with E-state index in [1.54, 1.807) is 18.2 Å². The van der Waals surface area contributed by atoms with Crippen molar-refractivity contribution in [1.29, 1.82) is 0 Å². The van der Waals surface area contributed by atoms with E-state index >= 15 is 0 Å². The molecule has 1 aliphatic rings. The number of benzene rings is 1. The lowest BCUT2D eigenvalue weighted by Crippen LogP contribution is -2.50. The molecule has 10 heteroatoms. The number of urea groups is 1. The van der Waals surface area contributed by atoms with Crippen LogP contribution in [0.1, 0.15) is 0 Å². The summed E-state index contributed by atoms with van der Waals surface area (Å²) in [4.78, 5) is 13.8. The lowest BCUT2D eigenvalue weighted by Gasteiger charge is -2.35. The summed E-state index contributed by atoms with van der Waals surface area (Å²) in [5, 5.41) is 7.74. The van der Waals surface area contributed by atoms with Gasteiger partial charge in [0.2, 0.25) is 10.0 Å². The molecule has 0 radical (unpaired) electrons. The van der Waals surface area contributed by atoms with Crippen molar-refractivity contribution in [2.45, 2.75) is 0 Å². The number of piperazine rings is 1. The van der Waals surface area contributed by atoms with E-state index in [9.17, 15) is 17.6 Å². The fourth-order valence-electron chi connectivity index (χ4n) is 2.80. The first-order chi connectivity index (χ1) is 12.9. The summed E-state index contributed by atoms with van der Waals surface area (Å²) in [5.74, 6) is -0.447. The highest BCUT2D eigenvalue weighted by Crippen LogP contribution is 2.18. The number of anilines is 2. The molecule has 1 aromatic carbocycles. The van der Waals surface area contributed by atoms with Gasteiger partial charge in [0.05, 0.1) is 10.8 Å². The van der Waals surface area contributed by atoms with Crippen molar-refractivity contribution >= 4 is 38.1 Å². The van der Waals surface area contributed by atoms with Crippen LogP contribution in [0.5, 0.6) is 0 Å². The molecule has 2 N–H and O–H groups in total. The number of nitrogens with one attached hydrogen (secondary N) is 2. The van der Waals surface area contributed by atoms with E-state index in [4.69, 9.17) is 0 Å². The van der Waals surface area contributed by atoms with Gasteiger partial charge in [0, 0.05) is 38.4 Å². The van der Waals surface area contributed by atoms with Crippen molar-refractivity contribution in [3.8, 4) is 0 Å². The molecule has 0 unspecified atom stereocenters. The number of thiophene rings is 1. The van der Waals surface area contributed by atoms with E-state index in [0.29, 0.717) is 31.2 Å². The number of hydrogen-bond donors (Lipinski definition) is 2. The number of sulfonamides is 1. The van der Waals surface area contributed by atoms with Crippen LogP contribution < -0.4 is 15.5 Å². The quantitative estimate of drug-likeness (QED) is 0.762. The number of hydrogen-bond acceptors (Lipinski definition) is 5. The maximum atomic E-state index is 13.0. The van der Waals surface area contributed by atoms with Crippen molar-refractivity contribution in [2.75, 3.05) is 48.7 Å². The molecule has 3 rings (SSSR count). The highest BCUT2D eigenvalue weighted by molar-refractivity contribution is 7.89. The predicted octanol–water partition coefficient (Wildman–Crippen LogP) is 2.16. The Bertz CT molecular complexity index is 849. The second-order valence-corrected chi connectivity index (χ2v) is 9.07. The Hall–Kier alpha value is -2.17. The van der Waals surface area contributed by atoms with Crippen LogP contribution >= 0.6 is 11.3 Å². The number of amides is 2. The topological polar surface area (TPSA) is 81.8 Å². The van der Waals surface area contributed by atoms with Gasteiger partial charge in [0.25, 0.3) is 0 Å².